The summed E-state index contributed by atoms with van der Waals surface area (Å²) in [6.07, 6.45) is 4.81. The van der Waals surface area contributed by atoms with E-state index >= 15 is 0 Å². The second-order valence-corrected chi connectivity index (χ2v) is 6.14. The number of ketones is 1. The Bertz CT molecular complexity index is 1200. The van der Waals surface area contributed by atoms with Crippen LogP contribution in [-0.2, 0) is 0 Å². The number of ether oxygens (including phenoxy) is 1. The standard InChI is InChI=1S/C21H16N4O3/c1-28-13-5-6-14(15(9-13)20(22)27)12-8-16-17(11-25-21(16)24-10-12)19(26)18-4-2-3-7-23-18/h2-11H,1H3,(H2,22,27)(H,24,25). The number of fused-ring (bicyclic) bond motifs is 1. The minimum Gasteiger partial charge on any atom is -0.497 e. The number of aromatic nitrogens is 3. The number of aromatic amines is 1. The molecule has 0 aliphatic carbocycles. The molecule has 0 aliphatic rings. The van der Waals surface area contributed by atoms with Gasteiger partial charge in [-0.3, -0.25) is 14.6 Å². The molecule has 0 fully saturated rings. The summed E-state index contributed by atoms with van der Waals surface area (Å²) < 4.78 is 5.17. The first-order chi connectivity index (χ1) is 13.6. The van der Waals surface area contributed by atoms with Crippen LogP contribution in [0.3, 0.4) is 0 Å². The van der Waals surface area contributed by atoms with Gasteiger partial charge in [0.15, 0.2) is 0 Å². The van der Waals surface area contributed by atoms with Gasteiger partial charge in [0.25, 0.3) is 0 Å². The van der Waals surface area contributed by atoms with E-state index in [9.17, 15) is 9.59 Å². The molecule has 4 rings (SSSR count). The third-order valence-electron chi connectivity index (χ3n) is 4.48. The number of methoxy groups -OCH3 is 1. The van der Waals surface area contributed by atoms with Gasteiger partial charge in [-0.05, 0) is 42.0 Å². The van der Waals surface area contributed by atoms with Gasteiger partial charge in [-0.2, -0.15) is 0 Å². The minimum absolute atomic E-state index is 0.212. The van der Waals surface area contributed by atoms with E-state index in [0.29, 0.717) is 44.7 Å². The number of hydrogen-bond acceptors (Lipinski definition) is 5. The van der Waals surface area contributed by atoms with Crippen LogP contribution in [0.15, 0.2) is 61.1 Å². The first kappa shape index (κ1) is 17.4. The van der Waals surface area contributed by atoms with E-state index in [-0.39, 0.29) is 5.78 Å². The number of nitrogens with zero attached hydrogens (tertiary/aromatic N) is 2. The fourth-order valence-electron chi connectivity index (χ4n) is 3.08. The molecule has 0 unspecified atom stereocenters. The van der Waals surface area contributed by atoms with E-state index in [1.165, 1.54) is 7.11 Å². The lowest BCUT2D eigenvalue weighted by molar-refractivity contribution is 0.0998. The predicted molar refractivity (Wildman–Crippen MR) is 104 cm³/mol. The van der Waals surface area contributed by atoms with E-state index in [0.717, 1.165) is 0 Å². The monoisotopic (exact) mass is 372 g/mol. The second-order valence-electron chi connectivity index (χ2n) is 6.14. The Morgan fingerprint density at radius 3 is 2.64 bits per heavy atom. The van der Waals surface area contributed by atoms with Crippen molar-refractivity contribution in [2.75, 3.05) is 7.11 Å². The number of amides is 1. The molecular formula is C21H16N4O3. The zero-order valence-corrected chi connectivity index (χ0v) is 15.0. The summed E-state index contributed by atoms with van der Waals surface area (Å²) in [5.74, 6) is -0.261. The molecule has 28 heavy (non-hydrogen) atoms. The van der Waals surface area contributed by atoms with Crippen molar-refractivity contribution in [1.29, 1.82) is 0 Å². The molecule has 3 aromatic heterocycles. The number of carbonyl (C=O) groups is 2. The van der Waals surface area contributed by atoms with E-state index in [2.05, 4.69) is 15.0 Å². The van der Waals surface area contributed by atoms with Crippen LogP contribution in [0, 0.1) is 0 Å². The third kappa shape index (κ3) is 2.99. The summed E-state index contributed by atoms with van der Waals surface area (Å²) >= 11 is 0. The summed E-state index contributed by atoms with van der Waals surface area (Å²) in [7, 11) is 1.52. The molecule has 1 amide bonds. The third-order valence-corrected chi connectivity index (χ3v) is 4.48. The van der Waals surface area contributed by atoms with Crippen LogP contribution in [0.5, 0.6) is 5.75 Å². The van der Waals surface area contributed by atoms with Gasteiger partial charge in [-0.15, -0.1) is 0 Å². The molecule has 1 aromatic carbocycles. The van der Waals surface area contributed by atoms with E-state index in [1.54, 1.807) is 55.0 Å². The summed E-state index contributed by atoms with van der Waals surface area (Å²) in [5.41, 5.74) is 8.50. The molecule has 7 heteroatoms. The maximum Gasteiger partial charge on any atom is 0.249 e. The maximum absolute atomic E-state index is 12.8. The van der Waals surface area contributed by atoms with Crippen molar-refractivity contribution in [2.24, 2.45) is 5.73 Å². The highest BCUT2D eigenvalue weighted by Crippen LogP contribution is 2.30. The average Bonchev–Trinajstić information content (AvgIpc) is 3.16. The molecule has 0 bridgehead atoms. The van der Waals surface area contributed by atoms with Crippen molar-refractivity contribution in [2.45, 2.75) is 0 Å². The van der Waals surface area contributed by atoms with Gasteiger partial charge < -0.3 is 15.5 Å². The lowest BCUT2D eigenvalue weighted by Gasteiger charge is -2.09. The number of rotatable bonds is 5. The Morgan fingerprint density at radius 1 is 1.07 bits per heavy atom. The minimum atomic E-state index is -0.576. The number of primary amides is 1. The molecule has 0 saturated heterocycles. The van der Waals surface area contributed by atoms with Crippen LogP contribution in [0.25, 0.3) is 22.2 Å². The zero-order valence-electron chi connectivity index (χ0n) is 15.0. The lowest BCUT2D eigenvalue weighted by atomic mass is 9.98. The fraction of sp³-hybridized carbons (Fsp3) is 0.0476. The van der Waals surface area contributed by atoms with Gasteiger partial charge in [0, 0.05) is 29.5 Å². The zero-order chi connectivity index (χ0) is 19.7. The van der Waals surface area contributed by atoms with Gasteiger partial charge in [0.1, 0.15) is 17.1 Å². The number of H-pyrrole nitrogens is 1. The van der Waals surface area contributed by atoms with Crippen molar-refractivity contribution in [3.05, 3.63) is 77.9 Å². The first-order valence-electron chi connectivity index (χ1n) is 8.49. The van der Waals surface area contributed by atoms with Crippen LogP contribution in [-0.4, -0.2) is 33.8 Å². The van der Waals surface area contributed by atoms with Gasteiger partial charge >= 0.3 is 0 Å². The number of pyridine rings is 2. The molecular weight excluding hydrogens is 356 g/mol. The van der Waals surface area contributed by atoms with Gasteiger partial charge in [-0.25, -0.2) is 4.98 Å². The molecule has 0 atom stereocenters. The maximum atomic E-state index is 12.8. The SMILES string of the molecule is COc1ccc(-c2cnc3[nH]cc(C(=O)c4ccccn4)c3c2)c(C(N)=O)c1. The normalized spacial score (nSPS) is 10.8. The van der Waals surface area contributed by atoms with Crippen LogP contribution < -0.4 is 10.5 Å². The number of nitrogens with two attached hydrogens (primary N) is 1. The van der Waals surface area contributed by atoms with Crippen molar-refractivity contribution in [1.82, 2.24) is 15.0 Å². The van der Waals surface area contributed by atoms with E-state index < -0.39 is 5.91 Å². The molecule has 3 heterocycles. The predicted octanol–water partition coefficient (Wildman–Crippen LogP) is 2.96. The number of benzene rings is 1. The topological polar surface area (TPSA) is 111 Å². The summed E-state index contributed by atoms with van der Waals surface area (Å²) in [6.45, 7) is 0. The van der Waals surface area contributed by atoms with Crippen LogP contribution in [0.1, 0.15) is 26.4 Å². The highest BCUT2D eigenvalue weighted by atomic mass is 16.5. The molecule has 7 nitrogen and oxygen atoms in total. The van der Waals surface area contributed by atoms with Crippen molar-refractivity contribution < 1.29 is 14.3 Å². The summed E-state index contributed by atoms with van der Waals surface area (Å²) in [4.78, 5) is 36.2. The van der Waals surface area contributed by atoms with Crippen molar-refractivity contribution in [3.8, 4) is 16.9 Å². The molecule has 3 N–H and O–H groups in total. The van der Waals surface area contributed by atoms with E-state index in [4.69, 9.17) is 10.5 Å². The highest BCUT2D eigenvalue weighted by molar-refractivity contribution is 6.15. The van der Waals surface area contributed by atoms with Gasteiger partial charge in [-0.1, -0.05) is 6.07 Å². The lowest BCUT2D eigenvalue weighted by Crippen LogP contribution is -2.12. The quantitative estimate of drug-likeness (QED) is 0.523. The van der Waals surface area contributed by atoms with Crippen LogP contribution in [0.2, 0.25) is 0 Å². The largest absolute Gasteiger partial charge is 0.497 e. The molecule has 0 aliphatic heterocycles. The highest BCUT2D eigenvalue weighted by Gasteiger charge is 2.18. The Labute approximate surface area is 160 Å². The summed E-state index contributed by atoms with van der Waals surface area (Å²) in [5, 5.41) is 0.638. The van der Waals surface area contributed by atoms with E-state index in [1.807, 2.05) is 6.07 Å². The molecule has 0 spiro atoms. The Balaban J connectivity index is 1.85. The van der Waals surface area contributed by atoms with Gasteiger partial charge in [0.2, 0.25) is 11.7 Å². The van der Waals surface area contributed by atoms with Gasteiger partial charge in [0.05, 0.1) is 18.2 Å². The molecule has 4 aromatic rings. The first-order valence-corrected chi connectivity index (χ1v) is 8.49. The number of nitrogens with one attached hydrogen (secondary N) is 1. The second kappa shape index (κ2) is 6.96. The fourth-order valence-corrected chi connectivity index (χ4v) is 3.08. The molecule has 138 valence electrons. The molecule has 0 radical (unpaired) electrons. The Hall–Kier alpha value is -4.00. The smallest absolute Gasteiger partial charge is 0.249 e. The number of carbonyl (C=O) groups excluding carboxylic acids is 2. The van der Waals surface area contributed by atoms with Crippen LogP contribution >= 0.6 is 0 Å². The Morgan fingerprint density at radius 2 is 1.93 bits per heavy atom. The average molecular weight is 372 g/mol. The Kier molecular flexibility index (Phi) is 4.33. The molecule has 0 saturated carbocycles. The van der Waals surface area contributed by atoms with Crippen LogP contribution in [0.4, 0.5) is 0 Å². The number of hydrogen-bond donors (Lipinski definition) is 2. The van der Waals surface area contributed by atoms with Crippen molar-refractivity contribution >= 4 is 22.7 Å². The van der Waals surface area contributed by atoms with Crippen molar-refractivity contribution in [3.63, 3.8) is 0 Å². The summed E-state index contributed by atoms with van der Waals surface area (Å²) in [6, 6.07) is 12.0.